The van der Waals surface area contributed by atoms with Gasteiger partial charge in [-0.25, -0.2) is 16.8 Å². The van der Waals surface area contributed by atoms with Crippen molar-refractivity contribution in [1.29, 1.82) is 5.26 Å². The van der Waals surface area contributed by atoms with Crippen molar-refractivity contribution in [3.63, 3.8) is 0 Å². The van der Waals surface area contributed by atoms with Crippen LogP contribution < -0.4 is 30.8 Å². The summed E-state index contributed by atoms with van der Waals surface area (Å²) in [7, 11) is -10.1. The Kier molecular flexibility index (Phi) is 25.2. The molecule has 13 nitrogen and oxygen atoms in total. The summed E-state index contributed by atoms with van der Waals surface area (Å²) in [4.78, 5) is 2.27. The Bertz CT molecular complexity index is 745. The second-order valence-electron chi connectivity index (χ2n) is 4.88. The third-order valence-electron chi connectivity index (χ3n) is 3.16. The molecule has 0 radical (unpaired) electrons. The average molecular weight is 708 g/mol. The second kappa shape index (κ2) is 16.6. The van der Waals surface area contributed by atoms with E-state index in [0.717, 1.165) is 6.42 Å². The van der Waals surface area contributed by atoms with E-state index in [1.54, 1.807) is 0 Å². The largest absolute Gasteiger partial charge is 2.00 e. The van der Waals surface area contributed by atoms with Gasteiger partial charge in [0.1, 0.15) is 0 Å². The van der Waals surface area contributed by atoms with E-state index < -0.39 is 31.3 Å². The Morgan fingerprint density at radius 2 is 1.16 bits per heavy atom. The summed E-state index contributed by atoms with van der Waals surface area (Å²) in [5.74, 6) is 0.250. The zero-order valence-electron chi connectivity index (χ0n) is 16.4. The zero-order valence-corrected chi connectivity index (χ0v) is 20.6. The Labute approximate surface area is 194 Å². The molecule has 0 amide bonds. The van der Waals surface area contributed by atoms with E-state index in [0.29, 0.717) is 12.1 Å². The molecule has 1 saturated heterocycles. The summed E-state index contributed by atoms with van der Waals surface area (Å²) in [6, 6.07) is 3.30. The number of hydrogen-bond acceptors (Lipinski definition) is 13. The molecule has 1 fully saturated rings. The first-order valence-electron chi connectivity index (χ1n) is 6.17. The maximum absolute atomic E-state index is 10.7. The molecule has 198 valence electrons. The van der Waals surface area contributed by atoms with Gasteiger partial charge >= 0.3 is 30.8 Å². The molecule has 0 aromatic rings. The van der Waals surface area contributed by atoms with Gasteiger partial charge in [-0.15, -0.1) is 0 Å². The fraction of sp³-hybridized carbons (Fsp3) is 0.700. The summed E-state index contributed by atoms with van der Waals surface area (Å²) in [6.45, 7) is 0. The van der Waals surface area contributed by atoms with Gasteiger partial charge in [0, 0.05) is 12.1 Å². The van der Waals surface area contributed by atoms with Gasteiger partial charge in [0.15, 0.2) is 20.2 Å². The van der Waals surface area contributed by atoms with E-state index in [1.807, 2.05) is 0 Å². The number of nitrogens with zero attached hydrogens (tertiary/aromatic N) is 2. The SMILES string of the molecule is CN1C2C=CC1C(C#N)C2.N.N.N.N.N.O=S(=O)([O-])C(F)(F)F.O=S(=O)([O-])C(F)(F)F.[Os+2]. The van der Waals surface area contributed by atoms with Crippen LogP contribution in [0.1, 0.15) is 6.42 Å². The molecule has 2 aliphatic heterocycles. The molecular weight excluding hydrogens is 683 g/mol. The molecule has 3 atom stereocenters. The van der Waals surface area contributed by atoms with Crippen LogP contribution in [0.4, 0.5) is 26.3 Å². The number of likely N-dealkylation sites (N-methyl/N-ethyl adjacent to an activating group) is 1. The van der Waals surface area contributed by atoms with Crippen molar-refractivity contribution < 1.29 is 72.1 Å². The fourth-order valence-corrected chi connectivity index (χ4v) is 1.93. The molecule has 2 rings (SSSR count). The fourth-order valence-electron chi connectivity index (χ4n) is 1.93. The molecule has 2 aliphatic rings. The number of alkyl halides is 6. The van der Waals surface area contributed by atoms with Crippen LogP contribution in [-0.2, 0) is 40.0 Å². The van der Waals surface area contributed by atoms with Crippen molar-refractivity contribution in [2.24, 2.45) is 5.92 Å². The minimum absolute atomic E-state index is 0. The Balaban J connectivity index is -0.0000000542. The first-order valence-corrected chi connectivity index (χ1v) is 8.98. The number of rotatable bonds is 0. The topological polar surface area (TPSA) is 316 Å². The summed E-state index contributed by atoms with van der Waals surface area (Å²) in [5, 5.41) is 8.70. The van der Waals surface area contributed by atoms with Crippen molar-refractivity contribution in [1.82, 2.24) is 35.7 Å². The van der Waals surface area contributed by atoms with Crippen LogP contribution in [0.25, 0.3) is 0 Å². The smallest absolute Gasteiger partial charge is 0.741 e. The van der Waals surface area contributed by atoms with Crippen LogP contribution in [0.3, 0.4) is 0 Å². The Hall–Kier alpha value is -0.974. The zero-order chi connectivity index (χ0) is 21.1. The summed E-state index contributed by atoms with van der Waals surface area (Å²) in [5.41, 5.74) is -11.3. The molecule has 22 heteroatoms. The van der Waals surface area contributed by atoms with Crippen LogP contribution in [0.15, 0.2) is 12.2 Å². The normalized spacial score (nSPS) is 20.8. The van der Waals surface area contributed by atoms with Gasteiger partial charge in [-0.2, -0.15) is 31.6 Å². The van der Waals surface area contributed by atoms with E-state index in [9.17, 15) is 26.3 Å². The molecule has 2 heterocycles. The third kappa shape index (κ3) is 14.2. The van der Waals surface area contributed by atoms with Crippen molar-refractivity contribution in [3.8, 4) is 6.07 Å². The number of fused-ring (bicyclic) bond motifs is 2. The first-order chi connectivity index (χ1) is 11.3. The van der Waals surface area contributed by atoms with E-state index in [2.05, 4.69) is 30.2 Å². The van der Waals surface area contributed by atoms with Crippen molar-refractivity contribution in [2.75, 3.05) is 7.05 Å². The van der Waals surface area contributed by atoms with Crippen LogP contribution in [-0.4, -0.2) is 61.0 Å². The second-order valence-corrected chi connectivity index (χ2v) is 7.62. The van der Waals surface area contributed by atoms with Crippen LogP contribution in [0.2, 0.25) is 0 Å². The maximum Gasteiger partial charge on any atom is 2.00 e. The Morgan fingerprint density at radius 1 is 0.875 bits per heavy atom. The number of nitriles is 1. The van der Waals surface area contributed by atoms with E-state index in [4.69, 9.17) is 31.2 Å². The monoisotopic (exact) mass is 709 g/mol. The molecule has 3 unspecified atom stereocenters. The minimum atomic E-state index is -6.09. The molecule has 32 heavy (non-hydrogen) atoms. The average Bonchev–Trinajstić information content (AvgIpc) is 2.91. The summed E-state index contributed by atoms with van der Waals surface area (Å²) >= 11 is 0. The molecule has 0 aromatic carbocycles. The van der Waals surface area contributed by atoms with Gasteiger partial charge < -0.3 is 39.9 Å². The molecule has 2 bridgehead atoms. The van der Waals surface area contributed by atoms with Gasteiger partial charge in [-0.05, 0) is 13.5 Å². The van der Waals surface area contributed by atoms with Gasteiger partial charge in [0.2, 0.25) is 0 Å². The molecule has 0 aliphatic carbocycles. The number of hydrogen-bond donors (Lipinski definition) is 5. The quantitative estimate of drug-likeness (QED) is 0.104. The van der Waals surface area contributed by atoms with Crippen molar-refractivity contribution in [2.45, 2.75) is 29.5 Å². The van der Waals surface area contributed by atoms with Crippen LogP contribution >= 0.6 is 0 Å². The minimum Gasteiger partial charge on any atom is -0.741 e. The van der Waals surface area contributed by atoms with E-state index >= 15 is 0 Å². The predicted octanol–water partition coefficient (Wildman–Crippen LogP) is 1.68. The third-order valence-corrected chi connectivity index (χ3v) is 4.30. The first kappa shape index (κ1) is 48.5. The standard InChI is InChI=1S/C8H10N2.2CHF3O3S.5H3N.Os/c1-10-7-2-3-8(10)6(4-7)5-9;2*2-1(3,4)8(5,6)7;;;;;;/h2-3,6-8H,4H2,1H3;2*(H,5,6,7);5*1H3;/q;;;;;;;;+2/p-2. The van der Waals surface area contributed by atoms with Gasteiger partial charge in [-0.3, -0.25) is 4.90 Å². The number of halogens is 6. The molecule has 15 N–H and O–H groups in total. The van der Waals surface area contributed by atoms with Gasteiger partial charge in [0.25, 0.3) is 0 Å². The van der Waals surface area contributed by atoms with Gasteiger partial charge in [0.05, 0.1) is 12.0 Å². The molecule has 0 spiro atoms. The Morgan fingerprint density at radius 3 is 1.25 bits per heavy atom. The molecular formula is C10H25F6N7O6OsS2. The van der Waals surface area contributed by atoms with Crippen LogP contribution in [0, 0.1) is 17.2 Å². The van der Waals surface area contributed by atoms with Crippen molar-refractivity contribution >= 4 is 20.2 Å². The van der Waals surface area contributed by atoms with Crippen molar-refractivity contribution in [3.05, 3.63) is 12.2 Å². The van der Waals surface area contributed by atoms with Gasteiger partial charge in [-0.1, -0.05) is 12.2 Å². The summed E-state index contributed by atoms with van der Waals surface area (Å²) < 4.78 is 118. The van der Waals surface area contributed by atoms with E-state index in [-0.39, 0.29) is 56.5 Å². The van der Waals surface area contributed by atoms with E-state index in [1.165, 1.54) is 0 Å². The van der Waals surface area contributed by atoms with Crippen LogP contribution in [0.5, 0.6) is 0 Å². The molecule has 0 saturated carbocycles. The molecule has 0 aromatic heterocycles. The summed E-state index contributed by atoms with van der Waals surface area (Å²) in [6.07, 6.45) is 5.40. The predicted molar refractivity (Wildman–Crippen MR) is 94.8 cm³/mol. The maximum atomic E-state index is 10.7.